The Morgan fingerprint density at radius 3 is 2.00 bits per heavy atom. The molecular weight excluding hydrogens is 327 g/mol. The normalized spacial score (nSPS) is 11.6. The van der Waals surface area contributed by atoms with Gasteiger partial charge in [-0.15, -0.1) is 3.89 Å². The monoisotopic (exact) mass is 330 g/mol. The zero-order valence-corrected chi connectivity index (χ0v) is 10.3. The molecule has 2 nitrogen and oxygen atoms in total. The van der Waals surface area contributed by atoms with Gasteiger partial charge in [0.15, 0.2) is 0 Å². The second kappa shape index (κ2) is 4.06. The van der Waals surface area contributed by atoms with Crippen LogP contribution in [0.15, 0.2) is 27.1 Å². The maximum atomic E-state index is 12.3. The van der Waals surface area contributed by atoms with E-state index in [9.17, 15) is 12.3 Å². The topological polar surface area (TPSA) is 34.1 Å². The van der Waals surface area contributed by atoms with Gasteiger partial charge in [0.2, 0.25) is 0 Å². The molecule has 0 aliphatic carbocycles. The minimum atomic E-state index is -4.45. The number of halogens is 3. The van der Waals surface area contributed by atoms with Crippen LogP contribution in [-0.4, -0.2) is 8.42 Å². The van der Waals surface area contributed by atoms with Crippen molar-refractivity contribution in [3.05, 3.63) is 32.7 Å². The molecule has 13 heavy (non-hydrogen) atoms. The third kappa shape index (κ3) is 4.19. The van der Waals surface area contributed by atoms with Crippen LogP contribution in [0.2, 0.25) is 0 Å². The molecular formula is C7H5Br2FO2S. The molecule has 0 N–H and O–H groups in total. The van der Waals surface area contributed by atoms with Crippen LogP contribution < -0.4 is 0 Å². The van der Waals surface area contributed by atoms with E-state index in [1.54, 1.807) is 18.2 Å². The highest BCUT2D eigenvalue weighted by Crippen LogP contribution is 2.21. The second-order valence-electron chi connectivity index (χ2n) is 2.46. The lowest BCUT2D eigenvalue weighted by molar-refractivity contribution is 0.551. The smallest absolute Gasteiger partial charge is 0.194 e. The Balaban J connectivity index is 3.03. The molecule has 0 aliphatic rings. The molecule has 0 amide bonds. The summed E-state index contributed by atoms with van der Waals surface area (Å²) < 4.78 is 34.3. The van der Waals surface area contributed by atoms with Crippen molar-refractivity contribution in [2.24, 2.45) is 0 Å². The molecule has 1 rings (SSSR count). The summed E-state index contributed by atoms with van der Waals surface area (Å²) >= 11 is 6.35. The molecule has 6 heteroatoms. The highest BCUT2D eigenvalue weighted by atomic mass is 79.9. The van der Waals surface area contributed by atoms with Crippen LogP contribution in [0, 0.1) is 0 Å². The van der Waals surface area contributed by atoms with Crippen LogP contribution in [0.3, 0.4) is 0 Å². The van der Waals surface area contributed by atoms with E-state index in [0.717, 1.165) is 0 Å². The molecule has 0 aromatic heterocycles. The van der Waals surface area contributed by atoms with Gasteiger partial charge in [0.25, 0.3) is 0 Å². The molecule has 0 bridgehead atoms. The first-order chi connectivity index (χ1) is 5.87. The lowest BCUT2D eigenvalue weighted by atomic mass is 10.2. The Kier molecular flexibility index (Phi) is 3.48. The Morgan fingerprint density at radius 1 is 1.15 bits per heavy atom. The highest BCUT2D eigenvalue weighted by molar-refractivity contribution is 9.11. The summed E-state index contributed by atoms with van der Waals surface area (Å²) in [6, 6.07) is 4.86. The molecule has 0 fully saturated rings. The van der Waals surface area contributed by atoms with Crippen molar-refractivity contribution in [1.29, 1.82) is 0 Å². The summed E-state index contributed by atoms with van der Waals surface area (Å²) in [7, 11) is -4.45. The fraction of sp³-hybridized carbons (Fsp3) is 0.143. The van der Waals surface area contributed by atoms with Crippen LogP contribution in [0.25, 0.3) is 0 Å². The molecule has 0 heterocycles. The number of rotatable bonds is 2. The summed E-state index contributed by atoms with van der Waals surface area (Å²) in [6.45, 7) is 0. The fourth-order valence-electron chi connectivity index (χ4n) is 0.893. The zero-order chi connectivity index (χ0) is 10.1. The van der Waals surface area contributed by atoms with Gasteiger partial charge in [0, 0.05) is 8.95 Å². The van der Waals surface area contributed by atoms with Crippen molar-refractivity contribution in [2.75, 3.05) is 0 Å². The summed E-state index contributed by atoms with van der Waals surface area (Å²) in [4.78, 5) is 0. The van der Waals surface area contributed by atoms with Gasteiger partial charge in [0.05, 0.1) is 0 Å². The summed E-state index contributed by atoms with van der Waals surface area (Å²) in [6.07, 6.45) is 0. The van der Waals surface area contributed by atoms with Crippen molar-refractivity contribution in [3.8, 4) is 0 Å². The van der Waals surface area contributed by atoms with Crippen molar-refractivity contribution < 1.29 is 12.3 Å². The van der Waals surface area contributed by atoms with Crippen molar-refractivity contribution in [3.63, 3.8) is 0 Å². The largest absolute Gasteiger partial charge is 0.306 e. The Labute approximate surface area is 92.6 Å². The Morgan fingerprint density at radius 2 is 1.62 bits per heavy atom. The molecule has 0 spiro atoms. The Hall–Kier alpha value is 0.0600. The van der Waals surface area contributed by atoms with Crippen molar-refractivity contribution in [2.45, 2.75) is 5.75 Å². The third-order valence-electron chi connectivity index (χ3n) is 1.26. The van der Waals surface area contributed by atoms with Gasteiger partial charge in [0.1, 0.15) is 5.75 Å². The average molecular weight is 332 g/mol. The molecule has 0 aliphatic heterocycles. The Bertz CT molecular complexity index is 396. The third-order valence-corrected chi connectivity index (χ3v) is 2.86. The van der Waals surface area contributed by atoms with E-state index in [1.807, 2.05) is 0 Å². The van der Waals surface area contributed by atoms with Crippen LogP contribution in [-0.2, 0) is 16.0 Å². The maximum absolute atomic E-state index is 12.3. The van der Waals surface area contributed by atoms with Crippen molar-refractivity contribution in [1.82, 2.24) is 0 Å². The molecule has 1 aromatic carbocycles. The first-order valence-corrected chi connectivity index (χ1v) is 6.38. The summed E-state index contributed by atoms with van der Waals surface area (Å²) in [5, 5.41) is 0. The first-order valence-electron chi connectivity index (χ1n) is 3.24. The first kappa shape index (κ1) is 11.1. The number of benzene rings is 1. The van der Waals surface area contributed by atoms with Gasteiger partial charge in [-0.1, -0.05) is 31.9 Å². The molecule has 1 aromatic rings. The second-order valence-corrected chi connectivity index (χ2v) is 5.66. The standard InChI is InChI=1S/C7H5Br2FO2S/c8-6-1-5(2-7(9)3-6)4-13(10,11)12/h1-3H,4H2. The lowest BCUT2D eigenvalue weighted by Crippen LogP contribution is -1.95. The molecule has 0 saturated heterocycles. The lowest BCUT2D eigenvalue weighted by Gasteiger charge is -1.99. The van der Waals surface area contributed by atoms with Crippen LogP contribution in [0.4, 0.5) is 3.89 Å². The SMILES string of the molecule is O=S(=O)(F)Cc1cc(Br)cc(Br)c1. The average Bonchev–Trinajstić information content (AvgIpc) is 1.78. The van der Waals surface area contributed by atoms with E-state index in [0.29, 0.717) is 14.5 Å². The molecule has 0 atom stereocenters. The minimum absolute atomic E-state index is 0.406. The van der Waals surface area contributed by atoms with Gasteiger partial charge in [-0.2, -0.15) is 8.42 Å². The zero-order valence-electron chi connectivity index (χ0n) is 6.30. The summed E-state index contributed by atoms with van der Waals surface area (Å²) in [5.74, 6) is -0.592. The van der Waals surface area contributed by atoms with E-state index >= 15 is 0 Å². The minimum Gasteiger partial charge on any atom is -0.194 e. The molecule has 72 valence electrons. The van der Waals surface area contributed by atoms with Crippen LogP contribution in [0.5, 0.6) is 0 Å². The van der Waals surface area contributed by atoms with Gasteiger partial charge >= 0.3 is 10.2 Å². The highest BCUT2D eigenvalue weighted by Gasteiger charge is 2.09. The van der Waals surface area contributed by atoms with E-state index < -0.39 is 16.0 Å². The van der Waals surface area contributed by atoms with Crippen molar-refractivity contribution >= 4 is 42.1 Å². The quantitative estimate of drug-likeness (QED) is 0.781. The van der Waals surface area contributed by atoms with Gasteiger partial charge < -0.3 is 0 Å². The van der Waals surface area contributed by atoms with E-state index in [-0.39, 0.29) is 0 Å². The van der Waals surface area contributed by atoms with Crippen LogP contribution >= 0.6 is 31.9 Å². The van der Waals surface area contributed by atoms with Crippen LogP contribution in [0.1, 0.15) is 5.56 Å². The summed E-state index contributed by atoms with van der Waals surface area (Å²) in [5.41, 5.74) is 0.406. The van der Waals surface area contributed by atoms with Gasteiger partial charge in [-0.3, -0.25) is 0 Å². The van der Waals surface area contributed by atoms with Gasteiger partial charge in [-0.05, 0) is 23.8 Å². The molecule has 0 unspecified atom stereocenters. The number of hydrogen-bond acceptors (Lipinski definition) is 2. The predicted molar refractivity (Wildman–Crippen MR) is 55.6 cm³/mol. The van der Waals surface area contributed by atoms with Gasteiger partial charge in [-0.25, -0.2) is 0 Å². The van der Waals surface area contributed by atoms with E-state index in [1.165, 1.54) is 0 Å². The molecule has 0 radical (unpaired) electrons. The number of hydrogen-bond donors (Lipinski definition) is 0. The fourth-order valence-corrected chi connectivity index (χ4v) is 2.85. The van der Waals surface area contributed by atoms with E-state index in [4.69, 9.17) is 0 Å². The maximum Gasteiger partial charge on any atom is 0.306 e. The molecule has 0 saturated carbocycles. The predicted octanol–water partition coefficient (Wildman–Crippen LogP) is 3.01. The van der Waals surface area contributed by atoms with E-state index in [2.05, 4.69) is 31.9 Å².